The van der Waals surface area contributed by atoms with Crippen LogP contribution in [-0.2, 0) is 9.53 Å². The average molecular weight is 228 g/mol. The molecular formula is C12H24N2O2. The van der Waals surface area contributed by atoms with Crippen LogP contribution >= 0.6 is 0 Å². The normalized spacial score (nSPS) is 19.6. The van der Waals surface area contributed by atoms with E-state index in [9.17, 15) is 4.79 Å². The number of carbonyl (C=O) groups excluding carboxylic acids is 1. The number of carbonyl (C=O) groups is 1. The van der Waals surface area contributed by atoms with Crippen molar-refractivity contribution in [3.63, 3.8) is 0 Å². The Balaban J connectivity index is 2.36. The van der Waals surface area contributed by atoms with Crippen LogP contribution < -0.4 is 5.73 Å². The minimum absolute atomic E-state index is 0.0715. The van der Waals surface area contributed by atoms with Gasteiger partial charge in [0.1, 0.15) is 0 Å². The first kappa shape index (κ1) is 13.5. The van der Waals surface area contributed by atoms with Gasteiger partial charge in [-0.05, 0) is 32.7 Å². The van der Waals surface area contributed by atoms with Crippen LogP contribution in [-0.4, -0.2) is 43.7 Å². The third kappa shape index (κ3) is 3.76. The second-order valence-electron chi connectivity index (χ2n) is 4.73. The monoisotopic (exact) mass is 228 g/mol. The van der Waals surface area contributed by atoms with E-state index in [2.05, 4.69) is 4.90 Å². The van der Waals surface area contributed by atoms with Crippen LogP contribution in [0.1, 0.15) is 26.7 Å². The van der Waals surface area contributed by atoms with Crippen molar-refractivity contribution in [2.24, 2.45) is 17.6 Å². The summed E-state index contributed by atoms with van der Waals surface area (Å²) in [5, 5.41) is 0. The number of ether oxygens (including phenoxy) is 1. The minimum atomic E-state index is -0.110. The van der Waals surface area contributed by atoms with Crippen molar-refractivity contribution in [2.45, 2.75) is 32.7 Å². The maximum atomic E-state index is 11.5. The molecule has 0 aromatic rings. The lowest BCUT2D eigenvalue weighted by Gasteiger charge is -2.28. The molecule has 1 aliphatic rings. The SMILES string of the molecule is CCOC(=O)C(C)CN(C)C(CN)C1CC1. The van der Waals surface area contributed by atoms with Crippen LogP contribution in [0, 0.1) is 11.8 Å². The largest absolute Gasteiger partial charge is 0.466 e. The van der Waals surface area contributed by atoms with E-state index >= 15 is 0 Å². The Hall–Kier alpha value is -0.610. The molecule has 0 aliphatic heterocycles. The maximum Gasteiger partial charge on any atom is 0.309 e. The van der Waals surface area contributed by atoms with E-state index in [4.69, 9.17) is 10.5 Å². The van der Waals surface area contributed by atoms with Gasteiger partial charge in [0.25, 0.3) is 0 Å². The molecule has 94 valence electrons. The summed E-state index contributed by atoms with van der Waals surface area (Å²) in [7, 11) is 2.05. The Bertz CT molecular complexity index is 229. The van der Waals surface area contributed by atoms with Crippen molar-refractivity contribution in [3.05, 3.63) is 0 Å². The Morgan fingerprint density at radius 1 is 1.56 bits per heavy atom. The highest BCUT2D eigenvalue weighted by Crippen LogP contribution is 2.34. The second kappa shape index (κ2) is 6.21. The number of rotatable bonds is 7. The molecule has 0 heterocycles. The lowest BCUT2D eigenvalue weighted by molar-refractivity contribution is -0.148. The van der Waals surface area contributed by atoms with Crippen molar-refractivity contribution in [1.82, 2.24) is 4.90 Å². The minimum Gasteiger partial charge on any atom is -0.466 e. The molecule has 1 fully saturated rings. The van der Waals surface area contributed by atoms with E-state index in [0.717, 1.165) is 12.5 Å². The summed E-state index contributed by atoms with van der Waals surface area (Å²) < 4.78 is 5.00. The van der Waals surface area contributed by atoms with E-state index in [1.807, 2.05) is 20.9 Å². The molecule has 4 heteroatoms. The van der Waals surface area contributed by atoms with Gasteiger partial charge in [-0.1, -0.05) is 6.92 Å². The summed E-state index contributed by atoms with van der Waals surface area (Å²) in [6.07, 6.45) is 2.56. The van der Waals surface area contributed by atoms with Crippen molar-refractivity contribution in [1.29, 1.82) is 0 Å². The first-order valence-corrected chi connectivity index (χ1v) is 6.17. The fraction of sp³-hybridized carbons (Fsp3) is 0.917. The maximum absolute atomic E-state index is 11.5. The molecule has 0 aromatic carbocycles. The lowest BCUT2D eigenvalue weighted by Crippen LogP contribution is -2.43. The lowest BCUT2D eigenvalue weighted by atomic mass is 10.1. The first-order chi connectivity index (χ1) is 7.60. The molecule has 0 saturated heterocycles. The number of nitrogens with two attached hydrogens (primary N) is 1. The zero-order valence-corrected chi connectivity index (χ0v) is 10.6. The second-order valence-corrected chi connectivity index (χ2v) is 4.73. The molecule has 0 amide bonds. The quantitative estimate of drug-likeness (QED) is 0.656. The van der Waals surface area contributed by atoms with Crippen LogP contribution in [0.2, 0.25) is 0 Å². The molecule has 2 atom stereocenters. The Kier molecular flexibility index (Phi) is 5.22. The van der Waals surface area contributed by atoms with Gasteiger partial charge in [-0.15, -0.1) is 0 Å². The van der Waals surface area contributed by atoms with Crippen LogP contribution in [0.4, 0.5) is 0 Å². The average Bonchev–Trinajstić information content (AvgIpc) is 3.03. The van der Waals surface area contributed by atoms with Crippen LogP contribution in [0.25, 0.3) is 0 Å². The van der Waals surface area contributed by atoms with E-state index in [-0.39, 0.29) is 11.9 Å². The molecule has 0 spiro atoms. The van der Waals surface area contributed by atoms with Crippen molar-refractivity contribution in [3.8, 4) is 0 Å². The number of hydrogen-bond donors (Lipinski definition) is 1. The topological polar surface area (TPSA) is 55.6 Å². The van der Waals surface area contributed by atoms with Gasteiger partial charge >= 0.3 is 5.97 Å². The molecule has 1 aliphatic carbocycles. The number of likely N-dealkylation sites (N-methyl/N-ethyl adjacent to an activating group) is 1. The smallest absolute Gasteiger partial charge is 0.309 e. The van der Waals surface area contributed by atoms with Gasteiger partial charge in [0.2, 0.25) is 0 Å². The van der Waals surface area contributed by atoms with Gasteiger partial charge < -0.3 is 15.4 Å². The summed E-state index contributed by atoms with van der Waals surface area (Å²) in [4.78, 5) is 13.7. The molecule has 1 saturated carbocycles. The molecule has 0 bridgehead atoms. The number of hydrogen-bond acceptors (Lipinski definition) is 4. The van der Waals surface area contributed by atoms with Crippen molar-refractivity contribution >= 4 is 5.97 Å². The molecule has 0 radical (unpaired) electrons. The summed E-state index contributed by atoms with van der Waals surface area (Å²) in [6.45, 7) is 5.61. The van der Waals surface area contributed by atoms with Gasteiger partial charge in [-0.25, -0.2) is 0 Å². The van der Waals surface area contributed by atoms with Crippen LogP contribution in [0.15, 0.2) is 0 Å². The summed E-state index contributed by atoms with van der Waals surface area (Å²) in [5.74, 6) is 0.558. The van der Waals surface area contributed by atoms with Gasteiger partial charge in [-0.3, -0.25) is 4.79 Å². The number of nitrogens with zero attached hydrogens (tertiary/aromatic N) is 1. The predicted molar refractivity (Wildman–Crippen MR) is 64.0 cm³/mol. The van der Waals surface area contributed by atoms with Crippen LogP contribution in [0.5, 0.6) is 0 Å². The standard InChI is InChI=1S/C12H24N2O2/c1-4-16-12(15)9(2)8-14(3)11(7-13)10-5-6-10/h9-11H,4-8,13H2,1-3H3. The van der Waals surface area contributed by atoms with E-state index in [1.165, 1.54) is 12.8 Å². The summed E-state index contributed by atoms with van der Waals surface area (Å²) in [5.41, 5.74) is 5.77. The molecule has 0 aromatic heterocycles. The van der Waals surface area contributed by atoms with E-state index < -0.39 is 0 Å². The van der Waals surface area contributed by atoms with Crippen molar-refractivity contribution in [2.75, 3.05) is 26.7 Å². The highest BCUT2D eigenvalue weighted by Gasteiger charge is 2.33. The molecular weight excluding hydrogens is 204 g/mol. The molecule has 16 heavy (non-hydrogen) atoms. The fourth-order valence-electron chi connectivity index (χ4n) is 2.14. The van der Waals surface area contributed by atoms with Gasteiger partial charge in [0, 0.05) is 19.1 Å². The Morgan fingerprint density at radius 3 is 2.62 bits per heavy atom. The molecule has 2 N–H and O–H groups in total. The van der Waals surface area contributed by atoms with Crippen LogP contribution in [0.3, 0.4) is 0 Å². The third-order valence-electron chi connectivity index (χ3n) is 3.22. The van der Waals surface area contributed by atoms with Gasteiger partial charge in [-0.2, -0.15) is 0 Å². The molecule has 2 unspecified atom stereocenters. The van der Waals surface area contributed by atoms with E-state index in [0.29, 0.717) is 19.2 Å². The highest BCUT2D eigenvalue weighted by atomic mass is 16.5. The molecule has 1 rings (SSSR count). The fourth-order valence-corrected chi connectivity index (χ4v) is 2.14. The highest BCUT2D eigenvalue weighted by molar-refractivity contribution is 5.72. The van der Waals surface area contributed by atoms with Crippen molar-refractivity contribution < 1.29 is 9.53 Å². The zero-order valence-electron chi connectivity index (χ0n) is 10.6. The summed E-state index contributed by atoms with van der Waals surface area (Å²) >= 11 is 0. The first-order valence-electron chi connectivity index (χ1n) is 6.17. The Morgan fingerprint density at radius 2 is 2.19 bits per heavy atom. The predicted octanol–water partition coefficient (Wildman–Crippen LogP) is 0.855. The Labute approximate surface area is 98.1 Å². The summed E-state index contributed by atoms with van der Waals surface area (Å²) in [6, 6.07) is 0.428. The van der Waals surface area contributed by atoms with Gasteiger partial charge in [0.05, 0.1) is 12.5 Å². The zero-order chi connectivity index (χ0) is 12.1. The van der Waals surface area contributed by atoms with E-state index in [1.54, 1.807) is 0 Å². The molecule has 4 nitrogen and oxygen atoms in total. The van der Waals surface area contributed by atoms with Gasteiger partial charge in [0.15, 0.2) is 0 Å². The third-order valence-corrected chi connectivity index (χ3v) is 3.22. The number of esters is 1.